The van der Waals surface area contributed by atoms with Gasteiger partial charge in [0.25, 0.3) is 5.91 Å². The molecule has 3 rings (SSSR count). The number of anilines is 2. The van der Waals surface area contributed by atoms with Gasteiger partial charge in [0.1, 0.15) is 0 Å². The van der Waals surface area contributed by atoms with E-state index < -0.39 is 6.29 Å². The maximum Gasteiger partial charge on any atom is 0.290 e. The zero-order valence-electron chi connectivity index (χ0n) is 15.8. The van der Waals surface area contributed by atoms with Crippen LogP contribution in [0.1, 0.15) is 31.2 Å². The van der Waals surface area contributed by atoms with Crippen LogP contribution in [0.15, 0.2) is 52.9 Å². The van der Waals surface area contributed by atoms with Gasteiger partial charge in [0, 0.05) is 25.0 Å². The molecule has 3 atom stereocenters. The number of aliphatic hydroxyl groups excluding tert-OH is 1. The number of amides is 1. The predicted octanol–water partition coefficient (Wildman–Crippen LogP) is 3.72. The van der Waals surface area contributed by atoms with Crippen molar-refractivity contribution in [3.63, 3.8) is 0 Å². The van der Waals surface area contributed by atoms with E-state index in [4.69, 9.17) is 15.2 Å². The third kappa shape index (κ3) is 4.73. The van der Waals surface area contributed by atoms with Gasteiger partial charge in [0.05, 0.1) is 11.4 Å². The normalized spacial score (nSPS) is 21.6. The minimum Gasteiger partial charge on any atom is -0.459 e. The number of ether oxygens (including phenoxy) is 2. The molecule has 6 nitrogen and oxygen atoms in total. The Morgan fingerprint density at radius 1 is 1.36 bits per heavy atom. The average Bonchev–Trinajstić information content (AvgIpc) is 3.23. The van der Waals surface area contributed by atoms with Crippen LogP contribution in [0.2, 0.25) is 0 Å². The lowest BCUT2D eigenvalue weighted by molar-refractivity contribution is -0.164. The number of nitrogens with two attached hydrogens (primary N) is 1. The molecule has 1 aliphatic heterocycles. The second-order valence-corrected chi connectivity index (χ2v) is 7.41. The number of benzene rings is 1. The molecule has 0 saturated heterocycles. The highest BCUT2D eigenvalue weighted by molar-refractivity contribution is 7.08. The Labute approximate surface area is 169 Å². The van der Waals surface area contributed by atoms with Crippen molar-refractivity contribution in [3.05, 3.63) is 58.5 Å². The van der Waals surface area contributed by atoms with E-state index in [0.29, 0.717) is 24.4 Å². The quantitative estimate of drug-likeness (QED) is 0.585. The van der Waals surface area contributed by atoms with Crippen LogP contribution in [-0.2, 0) is 14.3 Å². The number of allylic oxidation sites excluding steroid dienone is 1. The fourth-order valence-corrected chi connectivity index (χ4v) is 4.11. The van der Waals surface area contributed by atoms with Gasteiger partial charge in [0.15, 0.2) is 5.76 Å². The van der Waals surface area contributed by atoms with Gasteiger partial charge in [-0.15, -0.1) is 0 Å². The van der Waals surface area contributed by atoms with Gasteiger partial charge in [-0.2, -0.15) is 11.3 Å². The summed E-state index contributed by atoms with van der Waals surface area (Å²) < 4.78 is 11.8. The number of hydrogen-bond donors (Lipinski definition) is 3. The minimum absolute atomic E-state index is 0.0139. The number of nitrogen functional groups attached to an aromatic ring is 1. The number of nitrogens with one attached hydrogen (secondary N) is 1. The lowest BCUT2D eigenvalue weighted by Gasteiger charge is -2.36. The number of para-hydroxylation sites is 2. The summed E-state index contributed by atoms with van der Waals surface area (Å²) >= 11 is 1.61. The summed E-state index contributed by atoms with van der Waals surface area (Å²) in [7, 11) is 0. The molecule has 1 amide bonds. The monoisotopic (exact) mass is 402 g/mol. The summed E-state index contributed by atoms with van der Waals surface area (Å²) in [5, 5.41) is 16.2. The van der Waals surface area contributed by atoms with Crippen molar-refractivity contribution in [1.29, 1.82) is 0 Å². The van der Waals surface area contributed by atoms with E-state index in [-0.39, 0.29) is 30.1 Å². The van der Waals surface area contributed by atoms with Crippen LogP contribution in [-0.4, -0.2) is 30.5 Å². The first-order valence-corrected chi connectivity index (χ1v) is 10.4. The molecule has 28 heavy (non-hydrogen) atoms. The third-order valence-electron chi connectivity index (χ3n) is 4.77. The first kappa shape index (κ1) is 20.4. The largest absolute Gasteiger partial charge is 0.459 e. The van der Waals surface area contributed by atoms with Crippen LogP contribution in [0.25, 0.3) is 0 Å². The third-order valence-corrected chi connectivity index (χ3v) is 5.47. The molecule has 0 saturated carbocycles. The molecule has 1 aromatic heterocycles. The van der Waals surface area contributed by atoms with Crippen molar-refractivity contribution >= 4 is 28.6 Å². The number of carbonyl (C=O) groups is 1. The van der Waals surface area contributed by atoms with E-state index in [1.54, 1.807) is 23.5 Å². The lowest BCUT2D eigenvalue weighted by atomic mass is 9.81. The number of carbonyl (C=O) groups excluding carboxylic acids is 1. The van der Waals surface area contributed by atoms with Gasteiger partial charge in [-0.3, -0.25) is 4.79 Å². The summed E-state index contributed by atoms with van der Waals surface area (Å²) in [4.78, 5) is 12.9. The Morgan fingerprint density at radius 3 is 2.86 bits per heavy atom. The summed E-state index contributed by atoms with van der Waals surface area (Å²) in [5.41, 5.74) is 8.08. The van der Waals surface area contributed by atoms with E-state index in [1.807, 2.05) is 30.5 Å². The number of aliphatic hydroxyl groups is 1. The molecule has 0 aliphatic carbocycles. The van der Waals surface area contributed by atoms with E-state index >= 15 is 0 Å². The molecular weight excluding hydrogens is 376 g/mol. The first-order chi connectivity index (χ1) is 13.6. The first-order valence-electron chi connectivity index (χ1n) is 9.43. The van der Waals surface area contributed by atoms with Gasteiger partial charge in [-0.05, 0) is 60.4 Å². The van der Waals surface area contributed by atoms with Crippen molar-refractivity contribution < 1.29 is 19.4 Å². The van der Waals surface area contributed by atoms with Gasteiger partial charge >= 0.3 is 0 Å². The van der Waals surface area contributed by atoms with E-state index in [0.717, 1.165) is 12.0 Å². The average molecular weight is 403 g/mol. The van der Waals surface area contributed by atoms with Gasteiger partial charge in [-0.25, -0.2) is 0 Å². The van der Waals surface area contributed by atoms with E-state index in [9.17, 15) is 9.90 Å². The molecule has 150 valence electrons. The Bertz CT molecular complexity index is 806. The highest BCUT2D eigenvalue weighted by atomic mass is 32.1. The van der Waals surface area contributed by atoms with Crippen molar-refractivity contribution in [2.24, 2.45) is 5.92 Å². The smallest absolute Gasteiger partial charge is 0.290 e. The Balaban J connectivity index is 1.89. The molecule has 2 aromatic rings. The minimum atomic E-state index is -0.555. The van der Waals surface area contributed by atoms with Crippen molar-refractivity contribution in [2.75, 3.05) is 24.3 Å². The second-order valence-electron chi connectivity index (χ2n) is 6.63. The molecule has 1 aromatic carbocycles. The van der Waals surface area contributed by atoms with Crippen LogP contribution >= 0.6 is 11.3 Å². The van der Waals surface area contributed by atoms with E-state index in [2.05, 4.69) is 16.8 Å². The van der Waals surface area contributed by atoms with Crippen molar-refractivity contribution in [3.8, 4) is 0 Å². The molecule has 0 unspecified atom stereocenters. The molecule has 2 heterocycles. The van der Waals surface area contributed by atoms with Crippen molar-refractivity contribution in [2.45, 2.75) is 32.0 Å². The highest BCUT2D eigenvalue weighted by Gasteiger charge is 2.38. The molecule has 0 spiro atoms. The Hall–Kier alpha value is -2.35. The van der Waals surface area contributed by atoms with Crippen LogP contribution in [0.3, 0.4) is 0 Å². The van der Waals surface area contributed by atoms with Crippen LogP contribution < -0.4 is 11.1 Å². The standard InChI is InChI=1S/C21H26N2O4S/c1-2-26-21-15(6-5-10-24)16(14-9-11-28-13-14)12-19(27-21)20(25)23-18-8-4-3-7-17(18)22/h3-4,7-9,11-13,15-16,21,24H,2,5-6,10,22H2,1H3,(H,23,25)/t15-,16+,21+/m1/s1. The maximum atomic E-state index is 12.9. The molecule has 0 fully saturated rings. The molecule has 0 bridgehead atoms. The lowest BCUT2D eigenvalue weighted by Crippen LogP contribution is -2.37. The summed E-state index contributed by atoms with van der Waals surface area (Å²) in [5.74, 6) is -0.154. The molecule has 7 heteroatoms. The fourth-order valence-electron chi connectivity index (χ4n) is 3.40. The van der Waals surface area contributed by atoms with Crippen LogP contribution in [0.4, 0.5) is 11.4 Å². The Kier molecular flexibility index (Phi) is 7.08. The number of thiophene rings is 1. The van der Waals surface area contributed by atoms with Gasteiger partial charge < -0.3 is 25.6 Å². The summed E-state index contributed by atoms with van der Waals surface area (Å²) in [6.45, 7) is 2.47. The van der Waals surface area contributed by atoms with Crippen LogP contribution in [0, 0.1) is 5.92 Å². The van der Waals surface area contributed by atoms with Gasteiger partial charge in [-0.1, -0.05) is 12.1 Å². The second kappa shape index (κ2) is 9.73. The van der Waals surface area contributed by atoms with E-state index in [1.165, 1.54) is 0 Å². The number of rotatable bonds is 8. The summed E-state index contributed by atoms with van der Waals surface area (Å²) in [6, 6.07) is 9.15. The Morgan fingerprint density at radius 2 is 2.18 bits per heavy atom. The van der Waals surface area contributed by atoms with Crippen molar-refractivity contribution in [1.82, 2.24) is 0 Å². The zero-order valence-corrected chi connectivity index (χ0v) is 16.7. The highest BCUT2D eigenvalue weighted by Crippen LogP contribution is 2.40. The molecule has 4 N–H and O–H groups in total. The van der Waals surface area contributed by atoms with Gasteiger partial charge in [0.2, 0.25) is 6.29 Å². The topological polar surface area (TPSA) is 93.8 Å². The zero-order chi connectivity index (χ0) is 19.9. The molecular formula is C21H26N2O4S. The predicted molar refractivity (Wildman–Crippen MR) is 111 cm³/mol. The number of hydrogen-bond acceptors (Lipinski definition) is 6. The van der Waals surface area contributed by atoms with Crippen LogP contribution in [0.5, 0.6) is 0 Å². The molecule has 0 radical (unpaired) electrons. The SMILES string of the molecule is CCO[C@H]1OC(C(=O)Nc2ccccc2N)=C[C@@H](c2ccsc2)[C@H]1CCCO. The molecule has 1 aliphatic rings. The summed E-state index contributed by atoms with van der Waals surface area (Å²) in [6.07, 6.45) is 2.68. The fraction of sp³-hybridized carbons (Fsp3) is 0.381. The maximum absolute atomic E-state index is 12.9.